The summed E-state index contributed by atoms with van der Waals surface area (Å²) in [6.07, 6.45) is 0. The largest absolute Gasteiger partial charge is 0.491 e. The molecule has 0 amide bonds. The third-order valence-corrected chi connectivity index (χ3v) is 5.97. The van der Waals surface area contributed by atoms with Gasteiger partial charge in [-0.3, -0.25) is 0 Å². The van der Waals surface area contributed by atoms with Gasteiger partial charge in [0.2, 0.25) is 10.0 Å². The Balaban J connectivity index is 2.05. The smallest absolute Gasteiger partial charge is 0.242 e. The van der Waals surface area contributed by atoms with Crippen LogP contribution in [0.5, 0.6) is 5.75 Å². The molecule has 6 heteroatoms. The predicted molar refractivity (Wildman–Crippen MR) is 95.3 cm³/mol. The zero-order chi connectivity index (χ0) is 17.0. The summed E-state index contributed by atoms with van der Waals surface area (Å²) in [7, 11) is -3.59. The highest BCUT2D eigenvalue weighted by Gasteiger charge is 2.20. The number of benzene rings is 2. The summed E-state index contributed by atoms with van der Waals surface area (Å²) >= 11 is 3.27. The van der Waals surface area contributed by atoms with Crippen molar-refractivity contribution in [1.82, 2.24) is 4.72 Å². The number of halogens is 1. The van der Waals surface area contributed by atoms with Gasteiger partial charge in [-0.25, -0.2) is 13.1 Å². The van der Waals surface area contributed by atoms with Crippen molar-refractivity contribution in [2.45, 2.75) is 31.7 Å². The maximum atomic E-state index is 12.4. The molecule has 0 aliphatic rings. The van der Waals surface area contributed by atoms with Crippen LogP contribution in [0.25, 0.3) is 0 Å². The summed E-state index contributed by atoms with van der Waals surface area (Å²) in [5.74, 6) is 0.805. The maximum absolute atomic E-state index is 12.4. The molecular weight excluding hydrogens is 378 g/mol. The normalized spacial score (nSPS) is 12.9. The van der Waals surface area contributed by atoms with E-state index in [0.717, 1.165) is 16.9 Å². The maximum Gasteiger partial charge on any atom is 0.242 e. The van der Waals surface area contributed by atoms with Crippen LogP contribution in [0.2, 0.25) is 0 Å². The van der Waals surface area contributed by atoms with E-state index in [2.05, 4.69) is 20.7 Å². The van der Waals surface area contributed by atoms with E-state index in [1.807, 2.05) is 32.0 Å². The number of ether oxygens (including phenoxy) is 1. The van der Waals surface area contributed by atoms with Gasteiger partial charge in [0, 0.05) is 4.47 Å². The standard InChI is InChI=1S/C17H20BrNO3S/c1-12-7-6-8-13(2)17(12)22-11-14(3)19-23(20,21)16-10-5-4-9-15(16)18/h4-10,14,19H,11H2,1-3H3. The zero-order valence-corrected chi connectivity index (χ0v) is 15.7. The number of para-hydroxylation sites is 1. The van der Waals surface area contributed by atoms with Crippen molar-refractivity contribution in [3.63, 3.8) is 0 Å². The number of nitrogens with one attached hydrogen (secondary N) is 1. The quantitative estimate of drug-likeness (QED) is 0.805. The summed E-state index contributed by atoms with van der Waals surface area (Å²) in [6, 6.07) is 12.3. The Hall–Kier alpha value is -1.37. The molecule has 2 aromatic rings. The monoisotopic (exact) mass is 397 g/mol. The molecule has 0 aliphatic carbocycles. The Bertz CT molecular complexity index is 770. The Kier molecular flexibility index (Phi) is 5.84. The SMILES string of the molecule is Cc1cccc(C)c1OCC(C)NS(=O)(=O)c1ccccc1Br. The number of rotatable bonds is 6. The number of sulfonamides is 1. The molecule has 4 nitrogen and oxygen atoms in total. The van der Waals surface area contributed by atoms with E-state index in [0.29, 0.717) is 4.47 Å². The molecule has 0 fully saturated rings. The molecular formula is C17H20BrNO3S. The first-order valence-corrected chi connectivity index (χ1v) is 9.55. The van der Waals surface area contributed by atoms with Crippen LogP contribution in [0.1, 0.15) is 18.1 Å². The number of aryl methyl sites for hydroxylation is 2. The van der Waals surface area contributed by atoms with Crippen LogP contribution in [-0.2, 0) is 10.0 Å². The van der Waals surface area contributed by atoms with Gasteiger partial charge in [-0.05, 0) is 60.0 Å². The van der Waals surface area contributed by atoms with Gasteiger partial charge < -0.3 is 4.74 Å². The fourth-order valence-corrected chi connectivity index (χ4v) is 4.49. The highest BCUT2D eigenvalue weighted by atomic mass is 79.9. The predicted octanol–water partition coefficient (Wildman–Crippen LogP) is 3.81. The molecule has 0 spiro atoms. The van der Waals surface area contributed by atoms with E-state index in [-0.39, 0.29) is 17.5 Å². The number of hydrogen-bond donors (Lipinski definition) is 1. The topological polar surface area (TPSA) is 55.4 Å². The van der Waals surface area contributed by atoms with E-state index in [1.54, 1.807) is 31.2 Å². The molecule has 0 saturated heterocycles. The lowest BCUT2D eigenvalue weighted by molar-refractivity contribution is 0.284. The van der Waals surface area contributed by atoms with Gasteiger partial charge in [0.05, 0.1) is 10.9 Å². The molecule has 1 atom stereocenters. The minimum Gasteiger partial charge on any atom is -0.491 e. The van der Waals surface area contributed by atoms with Crippen LogP contribution in [0.4, 0.5) is 0 Å². The highest BCUT2D eigenvalue weighted by molar-refractivity contribution is 9.10. The minimum atomic E-state index is -3.59. The van der Waals surface area contributed by atoms with Gasteiger partial charge in [-0.1, -0.05) is 30.3 Å². The molecule has 0 aliphatic heterocycles. The van der Waals surface area contributed by atoms with Crippen molar-refractivity contribution in [1.29, 1.82) is 0 Å². The van der Waals surface area contributed by atoms with Crippen molar-refractivity contribution in [3.8, 4) is 5.75 Å². The Morgan fingerprint density at radius 3 is 2.30 bits per heavy atom. The van der Waals surface area contributed by atoms with E-state index in [9.17, 15) is 8.42 Å². The molecule has 124 valence electrons. The molecule has 2 aromatic carbocycles. The fourth-order valence-electron chi connectivity index (χ4n) is 2.26. The average molecular weight is 398 g/mol. The molecule has 2 rings (SSSR count). The molecule has 0 saturated carbocycles. The third-order valence-electron chi connectivity index (χ3n) is 3.37. The first kappa shape index (κ1) is 18.0. The van der Waals surface area contributed by atoms with Crippen molar-refractivity contribution < 1.29 is 13.2 Å². The molecule has 0 aromatic heterocycles. The average Bonchev–Trinajstić information content (AvgIpc) is 2.46. The van der Waals surface area contributed by atoms with Crippen LogP contribution in [-0.4, -0.2) is 21.1 Å². The second-order valence-electron chi connectivity index (χ2n) is 5.48. The molecule has 0 heterocycles. The first-order chi connectivity index (χ1) is 10.8. The van der Waals surface area contributed by atoms with Crippen molar-refractivity contribution in [2.24, 2.45) is 0 Å². The molecule has 1 N–H and O–H groups in total. The Labute approximate surface area is 146 Å². The lowest BCUT2D eigenvalue weighted by Crippen LogP contribution is -2.37. The van der Waals surface area contributed by atoms with Gasteiger partial charge in [0.15, 0.2) is 0 Å². The Morgan fingerprint density at radius 2 is 1.70 bits per heavy atom. The summed E-state index contributed by atoms with van der Waals surface area (Å²) in [5, 5.41) is 0. The van der Waals surface area contributed by atoms with Crippen molar-refractivity contribution in [3.05, 3.63) is 58.1 Å². The third kappa shape index (κ3) is 4.56. The van der Waals surface area contributed by atoms with Gasteiger partial charge in [0.1, 0.15) is 12.4 Å². The molecule has 0 bridgehead atoms. The fraction of sp³-hybridized carbons (Fsp3) is 0.294. The first-order valence-electron chi connectivity index (χ1n) is 7.27. The lowest BCUT2D eigenvalue weighted by Gasteiger charge is -2.18. The van der Waals surface area contributed by atoms with Gasteiger partial charge in [0.25, 0.3) is 0 Å². The minimum absolute atomic E-state index is 0.221. The second kappa shape index (κ2) is 7.47. The van der Waals surface area contributed by atoms with Gasteiger partial charge in [-0.15, -0.1) is 0 Å². The van der Waals surface area contributed by atoms with Crippen LogP contribution in [0.15, 0.2) is 51.8 Å². The van der Waals surface area contributed by atoms with Gasteiger partial charge >= 0.3 is 0 Å². The number of hydrogen-bond acceptors (Lipinski definition) is 3. The summed E-state index contributed by atoms with van der Waals surface area (Å²) in [6.45, 7) is 5.98. The van der Waals surface area contributed by atoms with Crippen LogP contribution >= 0.6 is 15.9 Å². The van der Waals surface area contributed by atoms with E-state index in [1.165, 1.54) is 0 Å². The lowest BCUT2D eigenvalue weighted by atomic mass is 10.1. The van der Waals surface area contributed by atoms with Crippen LogP contribution in [0, 0.1) is 13.8 Å². The highest BCUT2D eigenvalue weighted by Crippen LogP contribution is 2.23. The Morgan fingerprint density at radius 1 is 1.09 bits per heavy atom. The van der Waals surface area contributed by atoms with E-state index < -0.39 is 10.0 Å². The zero-order valence-electron chi connectivity index (χ0n) is 13.3. The van der Waals surface area contributed by atoms with Crippen molar-refractivity contribution in [2.75, 3.05) is 6.61 Å². The van der Waals surface area contributed by atoms with E-state index in [4.69, 9.17) is 4.74 Å². The van der Waals surface area contributed by atoms with Crippen molar-refractivity contribution >= 4 is 26.0 Å². The summed E-state index contributed by atoms with van der Waals surface area (Å²) < 4.78 is 33.8. The van der Waals surface area contributed by atoms with Gasteiger partial charge in [-0.2, -0.15) is 0 Å². The molecule has 23 heavy (non-hydrogen) atoms. The second-order valence-corrected chi connectivity index (χ2v) is 8.02. The van der Waals surface area contributed by atoms with E-state index >= 15 is 0 Å². The summed E-state index contributed by atoms with van der Waals surface area (Å²) in [5.41, 5.74) is 2.07. The van der Waals surface area contributed by atoms with Crippen LogP contribution < -0.4 is 9.46 Å². The summed E-state index contributed by atoms with van der Waals surface area (Å²) in [4.78, 5) is 0.221. The molecule has 0 radical (unpaired) electrons. The van der Waals surface area contributed by atoms with Crippen LogP contribution in [0.3, 0.4) is 0 Å². The molecule has 1 unspecified atom stereocenters.